The third-order valence-electron chi connectivity index (χ3n) is 4.56. The maximum atomic E-state index is 13.7. The van der Waals surface area contributed by atoms with E-state index in [1.165, 1.54) is 28.4 Å². The van der Waals surface area contributed by atoms with Crippen molar-refractivity contribution >= 4 is 44.2 Å². The molecule has 1 amide bonds. The van der Waals surface area contributed by atoms with Crippen LogP contribution in [0.15, 0.2) is 66.9 Å². The Morgan fingerprint density at radius 2 is 1.94 bits per heavy atom. The molecule has 2 aromatic carbocycles. The number of benzene rings is 2. The number of anilines is 1. The van der Waals surface area contributed by atoms with Gasteiger partial charge in [-0.1, -0.05) is 29.0 Å². The van der Waals surface area contributed by atoms with Crippen LogP contribution in [0.5, 0.6) is 5.75 Å². The number of fused-ring (bicyclic) bond motifs is 1. The van der Waals surface area contributed by atoms with E-state index in [0.717, 1.165) is 0 Å². The number of pyridine rings is 1. The van der Waals surface area contributed by atoms with Crippen LogP contribution in [0, 0.1) is 5.82 Å². The molecule has 0 aliphatic carbocycles. The summed E-state index contributed by atoms with van der Waals surface area (Å²) >= 11 is 7.19. The van der Waals surface area contributed by atoms with Crippen molar-refractivity contribution in [1.82, 2.24) is 9.97 Å². The SMILES string of the molecule is CC(C)(Oc1ccc(Cl)cc1)C(=O)N(Cc1ccccn1)c1nc2ccc(F)cc2s1. The topological polar surface area (TPSA) is 55.3 Å². The summed E-state index contributed by atoms with van der Waals surface area (Å²) in [7, 11) is 0. The molecule has 0 aliphatic heterocycles. The second-order valence-corrected chi connectivity index (χ2v) is 8.83. The number of rotatable bonds is 6. The Morgan fingerprint density at radius 1 is 1.16 bits per heavy atom. The molecule has 4 aromatic rings. The van der Waals surface area contributed by atoms with Crippen molar-refractivity contribution in [1.29, 1.82) is 0 Å². The van der Waals surface area contributed by atoms with E-state index in [9.17, 15) is 9.18 Å². The van der Waals surface area contributed by atoms with Gasteiger partial charge in [0.1, 0.15) is 11.6 Å². The van der Waals surface area contributed by atoms with Gasteiger partial charge in [0.15, 0.2) is 10.7 Å². The number of thiazole rings is 1. The average Bonchev–Trinajstić information content (AvgIpc) is 3.16. The number of carbonyl (C=O) groups is 1. The lowest BCUT2D eigenvalue weighted by Crippen LogP contribution is -2.49. The summed E-state index contributed by atoms with van der Waals surface area (Å²) in [5, 5.41) is 1.03. The highest BCUT2D eigenvalue weighted by Crippen LogP contribution is 2.32. The van der Waals surface area contributed by atoms with E-state index in [-0.39, 0.29) is 18.3 Å². The fraction of sp³-hybridized carbons (Fsp3) is 0.174. The summed E-state index contributed by atoms with van der Waals surface area (Å²) < 4.78 is 20.3. The van der Waals surface area contributed by atoms with Gasteiger partial charge in [-0.15, -0.1) is 0 Å². The zero-order valence-electron chi connectivity index (χ0n) is 16.9. The van der Waals surface area contributed by atoms with Crippen LogP contribution in [0.3, 0.4) is 0 Å². The van der Waals surface area contributed by atoms with E-state index >= 15 is 0 Å². The van der Waals surface area contributed by atoms with Crippen LogP contribution in [0.1, 0.15) is 19.5 Å². The first-order valence-corrected chi connectivity index (χ1v) is 10.7. The van der Waals surface area contributed by atoms with Crippen molar-refractivity contribution in [2.75, 3.05) is 4.90 Å². The second kappa shape index (κ2) is 8.61. The van der Waals surface area contributed by atoms with Crippen LogP contribution in [0.2, 0.25) is 5.02 Å². The van der Waals surface area contributed by atoms with E-state index < -0.39 is 5.60 Å². The van der Waals surface area contributed by atoms with Crippen LogP contribution in [-0.2, 0) is 11.3 Å². The fourth-order valence-corrected chi connectivity index (χ4v) is 4.16. The third kappa shape index (κ3) is 4.84. The van der Waals surface area contributed by atoms with Gasteiger partial charge in [-0.3, -0.25) is 14.7 Å². The highest BCUT2D eigenvalue weighted by atomic mass is 35.5. The molecule has 0 aliphatic rings. The van der Waals surface area contributed by atoms with Crippen LogP contribution in [0.25, 0.3) is 10.2 Å². The third-order valence-corrected chi connectivity index (χ3v) is 5.86. The Hall–Kier alpha value is -3.03. The zero-order valence-corrected chi connectivity index (χ0v) is 18.5. The first-order chi connectivity index (χ1) is 14.8. The summed E-state index contributed by atoms with van der Waals surface area (Å²) in [6.45, 7) is 3.60. The van der Waals surface area contributed by atoms with Gasteiger partial charge in [0.05, 0.1) is 22.5 Å². The molecule has 31 heavy (non-hydrogen) atoms. The predicted molar refractivity (Wildman–Crippen MR) is 121 cm³/mol. The molecule has 0 bridgehead atoms. The molecule has 2 heterocycles. The first-order valence-electron chi connectivity index (χ1n) is 9.54. The van der Waals surface area contributed by atoms with Gasteiger partial charge in [-0.25, -0.2) is 9.37 Å². The molecule has 0 radical (unpaired) electrons. The van der Waals surface area contributed by atoms with Gasteiger partial charge in [0.25, 0.3) is 5.91 Å². The van der Waals surface area contributed by atoms with E-state index in [1.54, 1.807) is 50.4 Å². The highest BCUT2D eigenvalue weighted by Gasteiger charge is 2.36. The van der Waals surface area contributed by atoms with Crippen molar-refractivity contribution < 1.29 is 13.9 Å². The maximum absolute atomic E-state index is 13.7. The van der Waals surface area contributed by atoms with Crippen molar-refractivity contribution in [2.45, 2.75) is 26.0 Å². The fourth-order valence-electron chi connectivity index (χ4n) is 3.05. The molecule has 4 rings (SSSR count). The highest BCUT2D eigenvalue weighted by molar-refractivity contribution is 7.22. The van der Waals surface area contributed by atoms with E-state index in [1.807, 2.05) is 18.2 Å². The molecule has 0 unspecified atom stereocenters. The number of carbonyl (C=O) groups excluding carboxylic acids is 1. The van der Waals surface area contributed by atoms with Gasteiger partial charge in [0.2, 0.25) is 0 Å². The smallest absolute Gasteiger partial charge is 0.272 e. The number of hydrogen-bond acceptors (Lipinski definition) is 5. The number of ether oxygens (including phenoxy) is 1. The largest absolute Gasteiger partial charge is 0.478 e. The minimum Gasteiger partial charge on any atom is -0.478 e. The summed E-state index contributed by atoms with van der Waals surface area (Å²) in [6.07, 6.45) is 1.67. The molecule has 0 saturated heterocycles. The molecular weight excluding hydrogens is 437 g/mol. The molecular formula is C23H19ClFN3O2S. The van der Waals surface area contributed by atoms with Crippen LogP contribution < -0.4 is 9.64 Å². The van der Waals surface area contributed by atoms with Crippen LogP contribution in [0.4, 0.5) is 9.52 Å². The molecule has 0 N–H and O–H groups in total. The minimum atomic E-state index is -1.20. The van der Waals surface area contributed by atoms with Gasteiger partial charge >= 0.3 is 0 Å². The van der Waals surface area contributed by atoms with Gasteiger partial charge in [-0.2, -0.15) is 0 Å². The molecule has 2 aromatic heterocycles. The number of halogens is 2. The Balaban J connectivity index is 1.69. The monoisotopic (exact) mass is 455 g/mol. The molecule has 0 fully saturated rings. The predicted octanol–water partition coefficient (Wildman–Crippen LogP) is 5.87. The molecule has 8 heteroatoms. The summed E-state index contributed by atoms with van der Waals surface area (Å²) in [5.41, 5.74) is 0.117. The zero-order chi connectivity index (χ0) is 22.0. The lowest BCUT2D eigenvalue weighted by atomic mass is 10.1. The molecule has 0 saturated carbocycles. The van der Waals surface area contributed by atoms with Crippen molar-refractivity contribution in [3.8, 4) is 5.75 Å². The van der Waals surface area contributed by atoms with E-state index in [0.29, 0.717) is 31.8 Å². The van der Waals surface area contributed by atoms with Crippen LogP contribution >= 0.6 is 22.9 Å². The summed E-state index contributed by atoms with van der Waals surface area (Å²) in [5.74, 6) is -0.128. The van der Waals surface area contributed by atoms with Crippen molar-refractivity contribution in [2.24, 2.45) is 0 Å². The normalized spacial score (nSPS) is 11.5. The van der Waals surface area contributed by atoms with Crippen LogP contribution in [-0.4, -0.2) is 21.5 Å². The first kappa shape index (κ1) is 21.2. The summed E-state index contributed by atoms with van der Waals surface area (Å²) in [6, 6.07) is 16.7. The Bertz CT molecular complexity index is 1210. The van der Waals surface area contributed by atoms with Crippen molar-refractivity contribution in [3.63, 3.8) is 0 Å². The Morgan fingerprint density at radius 3 is 2.65 bits per heavy atom. The average molecular weight is 456 g/mol. The van der Waals surface area contributed by atoms with E-state index in [4.69, 9.17) is 16.3 Å². The van der Waals surface area contributed by atoms with E-state index in [2.05, 4.69) is 9.97 Å². The van der Waals surface area contributed by atoms with Gasteiger partial charge in [0, 0.05) is 11.2 Å². The lowest BCUT2D eigenvalue weighted by Gasteiger charge is -2.31. The quantitative estimate of drug-likeness (QED) is 0.364. The molecule has 0 spiro atoms. The number of nitrogens with zero attached hydrogens (tertiary/aromatic N) is 3. The number of aromatic nitrogens is 2. The molecule has 158 valence electrons. The van der Waals surface area contributed by atoms with Crippen molar-refractivity contribution in [3.05, 3.63) is 83.4 Å². The van der Waals surface area contributed by atoms with Gasteiger partial charge < -0.3 is 4.74 Å². The molecule has 5 nitrogen and oxygen atoms in total. The lowest BCUT2D eigenvalue weighted by molar-refractivity contribution is -0.131. The maximum Gasteiger partial charge on any atom is 0.272 e. The van der Waals surface area contributed by atoms with Gasteiger partial charge in [-0.05, 0) is 68.4 Å². The second-order valence-electron chi connectivity index (χ2n) is 7.39. The Kier molecular flexibility index (Phi) is 5.89. The standard InChI is InChI=1S/C23H19ClFN3O2S/c1-23(2,30-18-9-6-15(24)7-10-18)21(29)28(14-17-5-3-4-12-26-17)22-27-19-11-8-16(25)13-20(19)31-22/h3-13H,14H2,1-2H3. The summed E-state index contributed by atoms with van der Waals surface area (Å²) in [4.78, 5) is 24.1. The number of hydrogen-bond donors (Lipinski definition) is 0. The molecule has 0 atom stereocenters. The minimum absolute atomic E-state index is 0.204. The number of amides is 1. The Labute approximate surface area is 188 Å².